The lowest BCUT2D eigenvalue weighted by Gasteiger charge is -2.41. The molecular weight excluding hydrogens is 510 g/mol. The first kappa shape index (κ1) is 27.7. The van der Waals surface area contributed by atoms with E-state index >= 15 is 0 Å². The Balaban J connectivity index is 1.52. The van der Waals surface area contributed by atoms with Crippen molar-refractivity contribution in [2.24, 2.45) is 23.7 Å². The molecule has 2 aromatic rings. The highest BCUT2D eigenvalue weighted by Gasteiger charge is 2.76. The van der Waals surface area contributed by atoms with Gasteiger partial charge in [-0.25, -0.2) is 0 Å². The van der Waals surface area contributed by atoms with Crippen LogP contribution in [0.1, 0.15) is 43.9 Å². The average Bonchev–Trinajstić information content (AvgIpc) is 3.50. The van der Waals surface area contributed by atoms with Crippen LogP contribution in [0.25, 0.3) is 0 Å². The summed E-state index contributed by atoms with van der Waals surface area (Å²) in [6, 6.07) is 14.3. The topological polar surface area (TPSA) is 98.7 Å². The van der Waals surface area contributed by atoms with E-state index in [0.29, 0.717) is 6.54 Å². The SMILES string of the molecule is Cc1cccc(C)c1NC(=O)C1N([C@@H](CO)C(C)C)C(=O)[C@@H]2[C@@H](C(=O)NCc3ccccc3)[C@H]3CC(C)C12S3. The summed E-state index contributed by atoms with van der Waals surface area (Å²) in [5.74, 6) is -1.71. The van der Waals surface area contributed by atoms with E-state index in [-0.39, 0.29) is 41.4 Å². The number of aryl methyl sites for hydroxylation is 2. The van der Waals surface area contributed by atoms with Crippen LogP contribution in [0.3, 0.4) is 0 Å². The third-order valence-electron chi connectivity index (χ3n) is 9.09. The van der Waals surface area contributed by atoms with Gasteiger partial charge in [0.25, 0.3) is 0 Å². The fourth-order valence-corrected chi connectivity index (χ4v) is 9.55. The highest BCUT2D eigenvalue weighted by molar-refractivity contribution is 8.02. The van der Waals surface area contributed by atoms with Crippen LogP contribution in [0.4, 0.5) is 5.69 Å². The number of para-hydroxylation sites is 1. The number of likely N-dealkylation sites (tertiary alicyclic amines) is 1. The second-order valence-electron chi connectivity index (χ2n) is 11.8. The minimum absolute atomic E-state index is 0.0333. The molecule has 3 fully saturated rings. The molecular formula is C31H39N3O4S. The lowest BCUT2D eigenvalue weighted by atomic mass is 9.66. The molecule has 1 spiro atoms. The molecule has 3 N–H and O–H groups in total. The van der Waals surface area contributed by atoms with E-state index in [1.54, 1.807) is 16.7 Å². The van der Waals surface area contributed by atoms with E-state index in [1.165, 1.54) is 0 Å². The molecule has 7 nitrogen and oxygen atoms in total. The normalized spacial score (nSPS) is 30.0. The minimum atomic E-state index is -0.787. The number of carbonyl (C=O) groups excluding carboxylic acids is 3. The van der Waals surface area contributed by atoms with Crippen LogP contribution < -0.4 is 10.6 Å². The number of fused-ring (bicyclic) bond motifs is 1. The standard InChI is InChI=1S/C31H39N3O4S/c1-17(2)22(16-35)34-27(29(37)33-26-18(3)10-9-11-19(26)4)31-20(5)14-23(39-31)24(25(31)30(34)38)28(36)32-15-21-12-7-6-8-13-21/h6-13,17,20,22-25,27,35H,14-16H2,1-5H3,(H,32,36)(H,33,37)/t20?,22-,23+,24-,25-,27?,31?/m0/s1. The number of hydrogen-bond donors (Lipinski definition) is 3. The molecule has 8 heteroatoms. The molecule has 2 bridgehead atoms. The predicted molar refractivity (Wildman–Crippen MR) is 154 cm³/mol. The maximum Gasteiger partial charge on any atom is 0.248 e. The molecule has 0 saturated carbocycles. The number of aliphatic hydroxyl groups is 1. The molecule has 2 aromatic carbocycles. The van der Waals surface area contributed by atoms with Crippen molar-refractivity contribution in [2.75, 3.05) is 11.9 Å². The van der Waals surface area contributed by atoms with Crippen molar-refractivity contribution in [3.63, 3.8) is 0 Å². The van der Waals surface area contributed by atoms with E-state index in [4.69, 9.17) is 0 Å². The molecule has 3 amide bonds. The van der Waals surface area contributed by atoms with Crippen LogP contribution in [-0.2, 0) is 20.9 Å². The van der Waals surface area contributed by atoms with Crippen molar-refractivity contribution >= 4 is 35.2 Å². The van der Waals surface area contributed by atoms with Gasteiger partial charge in [-0.3, -0.25) is 14.4 Å². The largest absolute Gasteiger partial charge is 0.394 e. The number of aliphatic hydroxyl groups excluding tert-OH is 1. The summed E-state index contributed by atoms with van der Waals surface area (Å²) in [4.78, 5) is 44.0. The van der Waals surface area contributed by atoms with Gasteiger partial charge in [-0.1, -0.05) is 69.3 Å². The molecule has 7 atom stereocenters. The smallest absolute Gasteiger partial charge is 0.248 e. The summed E-state index contributed by atoms with van der Waals surface area (Å²) >= 11 is 1.65. The van der Waals surface area contributed by atoms with E-state index in [1.807, 2.05) is 76.2 Å². The van der Waals surface area contributed by atoms with Crippen molar-refractivity contribution in [2.45, 2.75) is 69.7 Å². The summed E-state index contributed by atoms with van der Waals surface area (Å²) in [6.45, 7) is 10.1. The van der Waals surface area contributed by atoms with Gasteiger partial charge in [-0.15, -0.1) is 11.8 Å². The van der Waals surface area contributed by atoms with Crippen LogP contribution in [-0.4, -0.2) is 56.4 Å². The molecule has 0 aromatic heterocycles. The first-order chi connectivity index (χ1) is 18.6. The molecule has 5 rings (SSSR count). The predicted octanol–water partition coefficient (Wildman–Crippen LogP) is 3.91. The Hall–Kier alpha value is -2.84. The lowest BCUT2D eigenvalue weighted by molar-refractivity contribution is -0.143. The van der Waals surface area contributed by atoms with E-state index in [0.717, 1.165) is 28.8 Å². The Kier molecular flexibility index (Phi) is 7.55. The second-order valence-corrected chi connectivity index (χ2v) is 13.3. The summed E-state index contributed by atoms with van der Waals surface area (Å²) in [5.41, 5.74) is 3.65. The number of nitrogens with zero attached hydrogens (tertiary/aromatic N) is 1. The number of anilines is 1. The zero-order chi connectivity index (χ0) is 28.1. The number of thioether (sulfide) groups is 1. The van der Waals surface area contributed by atoms with Crippen LogP contribution in [0.2, 0.25) is 0 Å². The van der Waals surface area contributed by atoms with Gasteiger partial charge >= 0.3 is 0 Å². The van der Waals surface area contributed by atoms with Gasteiger partial charge in [-0.2, -0.15) is 0 Å². The number of benzene rings is 2. The van der Waals surface area contributed by atoms with Crippen molar-refractivity contribution in [1.29, 1.82) is 0 Å². The summed E-state index contributed by atoms with van der Waals surface area (Å²) in [6.07, 6.45) is 0.768. The molecule has 3 aliphatic rings. The fourth-order valence-electron chi connectivity index (χ4n) is 7.14. The Bertz CT molecular complexity index is 1250. The van der Waals surface area contributed by atoms with Crippen molar-refractivity contribution in [1.82, 2.24) is 10.2 Å². The number of nitrogens with one attached hydrogen (secondary N) is 2. The zero-order valence-corrected chi connectivity index (χ0v) is 24.1. The first-order valence-electron chi connectivity index (χ1n) is 13.9. The third kappa shape index (κ3) is 4.45. The number of carbonyl (C=O) groups is 3. The minimum Gasteiger partial charge on any atom is -0.394 e. The Morgan fingerprint density at radius 2 is 1.74 bits per heavy atom. The van der Waals surface area contributed by atoms with E-state index in [9.17, 15) is 19.5 Å². The molecule has 3 aliphatic heterocycles. The van der Waals surface area contributed by atoms with Crippen LogP contribution >= 0.6 is 11.8 Å². The Labute approximate surface area is 235 Å². The van der Waals surface area contributed by atoms with Gasteiger partial charge < -0.3 is 20.6 Å². The van der Waals surface area contributed by atoms with E-state index in [2.05, 4.69) is 17.6 Å². The molecule has 3 saturated heterocycles. The van der Waals surface area contributed by atoms with Gasteiger partial charge in [0.1, 0.15) is 6.04 Å². The van der Waals surface area contributed by atoms with Gasteiger partial charge in [0.15, 0.2) is 0 Å². The molecule has 208 valence electrons. The quantitative estimate of drug-likeness (QED) is 0.464. The zero-order valence-electron chi connectivity index (χ0n) is 23.3. The van der Waals surface area contributed by atoms with Gasteiger partial charge in [0.05, 0.1) is 29.2 Å². The molecule has 0 aliphatic carbocycles. The molecule has 3 unspecified atom stereocenters. The number of hydrogen-bond acceptors (Lipinski definition) is 5. The second kappa shape index (κ2) is 10.6. The Morgan fingerprint density at radius 1 is 1.08 bits per heavy atom. The summed E-state index contributed by atoms with van der Waals surface area (Å²) in [7, 11) is 0. The maximum atomic E-state index is 14.4. The number of amides is 3. The Morgan fingerprint density at radius 3 is 2.36 bits per heavy atom. The maximum absolute atomic E-state index is 14.4. The fraction of sp³-hybridized carbons (Fsp3) is 0.516. The highest BCUT2D eigenvalue weighted by Crippen LogP contribution is 2.69. The average molecular weight is 550 g/mol. The molecule has 39 heavy (non-hydrogen) atoms. The van der Waals surface area contributed by atoms with Crippen molar-refractivity contribution in [3.05, 3.63) is 65.2 Å². The van der Waals surface area contributed by atoms with Crippen LogP contribution in [0, 0.1) is 37.5 Å². The van der Waals surface area contributed by atoms with E-state index < -0.39 is 28.7 Å². The van der Waals surface area contributed by atoms with Gasteiger partial charge in [0, 0.05) is 17.5 Å². The molecule has 3 heterocycles. The van der Waals surface area contributed by atoms with Gasteiger partial charge in [-0.05, 0) is 48.8 Å². The highest BCUT2D eigenvalue weighted by atomic mass is 32.2. The van der Waals surface area contributed by atoms with Crippen molar-refractivity contribution in [3.8, 4) is 0 Å². The number of rotatable bonds is 8. The molecule has 0 radical (unpaired) electrons. The first-order valence-corrected chi connectivity index (χ1v) is 14.8. The third-order valence-corrected chi connectivity index (χ3v) is 11.2. The summed E-state index contributed by atoms with van der Waals surface area (Å²) in [5, 5.41) is 16.6. The monoisotopic (exact) mass is 549 g/mol. The van der Waals surface area contributed by atoms with Crippen LogP contribution in [0.15, 0.2) is 48.5 Å². The van der Waals surface area contributed by atoms with Crippen LogP contribution in [0.5, 0.6) is 0 Å². The van der Waals surface area contributed by atoms with Gasteiger partial charge in [0.2, 0.25) is 17.7 Å². The summed E-state index contributed by atoms with van der Waals surface area (Å²) < 4.78 is -0.737. The lowest BCUT2D eigenvalue weighted by Crippen LogP contribution is -2.58. The van der Waals surface area contributed by atoms with Crippen molar-refractivity contribution < 1.29 is 19.5 Å².